The van der Waals surface area contributed by atoms with Crippen molar-refractivity contribution in [3.8, 4) is 11.5 Å². The molecule has 0 bridgehead atoms. The molecule has 3 aromatic rings. The number of carbonyl (C=O) groups is 1. The summed E-state index contributed by atoms with van der Waals surface area (Å²) >= 11 is 0. The molecule has 1 atom stereocenters. The van der Waals surface area contributed by atoms with Gasteiger partial charge in [-0.3, -0.25) is 4.79 Å². The van der Waals surface area contributed by atoms with Crippen molar-refractivity contribution in [1.82, 2.24) is 19.9 Å². The number of hydrogen-bond donors (Lipinski definition) is 1. The zero-order valence-electron chi connectivity index (χ0n) is 18.5. The Labute approximate surface area is 191 Å². The number of sulfonamides is 1. The first-order chi connectivity index (χ1) is 15.9. The van der Waals surface area contributed by atoms with Crippen molar-refractivity contribution in [2.45, 2.75) is 24.2 Å². The lowest BCUT2D eigenvalue weighted by Gasteiger charge is -2.31. The average Bonchev–Trinajstić information content (AvgIpc) is 3.33. The highest BCUT2D eigenvalue weighted by Gasteiger charge is 2.34. The van der Waals surface area contributed by atoms with Gasteiger partial charge in [-0.25, -0.2) is 13.0 Å². The summed E-state index contributed by atoms with van der Waals surface area (Å²) in [5.74, 6) is 0.697. The molecule has 176 valence electrons. The quantitative estimate of drug-likeness (QED) is 0.526. The molecular formula is C22H26N4O6S. The summed E-state index contributed by atoms with van der Waals surface area (Å²) in [7, 11) is -0.685. The van der Waals surface area contributed by atoms with E-state index < -0.39 is 15.9 Å². The van der Waals surface area contributed by atoms with Crippen molar-refractivity contribution in [1.29, 1.82) is 0 Å². The summed E-state index contributed by atoms with van der Waals surface area (Å²) in [6, 6.07) is 10.3. The fraction of sp³-hybridized carbons (Fsp3) is 0.409. The van der Waals surface area contributed by atoms with Gasteiger partial charge in [-0.15, -0.1) is 0 Å². The first-order valence-corrected chi connectivity index (χ1v) is 12.1. The van der Waals surface area contributed by atoms with Gasteiger partial charge in [0.1, 0.15) is 10.4 Å². The molecule has 2 heterocycles. The van der Waals surface area contributed by atoms with Crippen LogP contribution in [0.5, 0.6) is 11.5 Å². The van der Waals surface area contributed by atoms with Crippen LogP contribution in [-0.2, 0) is 21.2 Å². The molecule has 1 N–H and O–H groups in total. The largest absolute Gasteiger partial charge is 0.493 e. The predicted molar refractivity (Wildman–Crippen MR) is 120 cm³/mol. The van der Waals surface area contributed by atoms with Crippen molar-refractivity contribution in [2.75, 3.05) is 33.9 Å². The van der Waals surface area contributed by atoms with Crippen LogP contribution in [0.4, 0.5) is 0 Å². The van der Waals surface area contributed by atoms with E-state index in [-0.39, 0.29) is 22.9 Å². The molecule has 0 radical (unpaired) electrons. The van der Waals surface area contributed by atoms with Crippen LogP contribution >= 0.6 is 0 Å². The molecule has 1 aliphatic heterocycles. The van der Waals surface area contributed by atoms with Crippen molar-refractivity contribution in [3.63, 3.8) is 0 Å². The van der Waals surface area contributed by atoms with Crippen LogP contribution in [0.15, 0.2) is 45.9 Å². The van der Waals surface area contributed by atoms with Crippen LogP contribution in [-0.4, -0.2) is 62.8 Å². The van der Waals surface area contributed by atoms with Gasteiger partial charge in [0.2, 0.25) is 15.9 Å². The number of methoxy groups -OCH3 is 2. The van der Waals surface area contributed by atoms with E-state index in [4.69, 9.17) is 14.1 Å². The summed E-state index contributed by atoms with van der Waals surface area (Å²) in [6.07, 6.45) is 1.84. The number of amides is 1. The van der Waals surface area contributed by atoms with Crippen molar-refractivity contribution in [3.05, 3.63) is 42.0 Å². The Kier molecular flexibility index (Phi) is 6.80. The third-order valence-corrected chi connectivity index (χ3v) is 7.68. The fourth-order valence-electron chi connectivity index (χ4n) is 4.01. The molecular weight excluding hydrogens is 448 g/mol. The smallest absolute Gasteiger partial charge is 0.245 e. The molecule has 1 aliphatic rings. The molecule has 0 spiro atoms. The number of ether oxygens (including phenoxy) is 2. The number of piperidine rings is 1. The highest BCUT2D eigenvalue weighted by molar-refractivity contribution is 7.89. The first-order valence-electron chi connectivity index (χ1n) is 10.6. The molecule has 0 saturated carbocycles. The zero-order chi connectivity index (χ0) is 23.4. The number of nitrogens with one attached hydrogen (secondary N) is 1. The molecule has 2 aromatic carbocycles. The standard InChI is InChI=1S/C22H26N4O6S/c1-30-18-9-8-15(13-19(18)31-2)10-11-23-22(27)16-5-4-12-26(14-16)33(28,29)20-7-3-6-17-21(20)25-32-24-17/h3,6-9,13,16H,4-5,10-12,14H2,1-2H3,(H,23,27)/t16-/m0/s1. The van der Waals surface area contributed by atoms with Gasteiger partial charge in [-0.05, 0) is 59.4 Å². The van der Waals surface area contributed by atoms with E-state index in [1.54, 1.807) is 26.4 Å². The minimum atomic E-state index is -3.84. The summed E-state index contributed by atoms with van der Waals surface area (Å²) in [5, 5.41) is 10.4. The molecule has 1 saturated heterocycles. The summed E-state index contributed by atoms with van der Waals surface area (Å²) in [4.78, 5) is 12.8. The second-order valence-electron chi connectivity index (χ2n) is 7.82. The maximum Gasteiger partial charge on any atom is 0.245 e. The van der Waals surface area contributed by atoms with Crippen molar-refractivity contribution in [2.24, 2.45) is 5.92 Å². The van der Waals surface area contributed by atoms with Gasteiger partial charge in [0.15, 0.2) is 17.0 Å². The number of aromatic nitrogens is 2. The minimum absolute atomic E-state index is 0.0377. The maximum absolute atomic E-state index is 13.2. The van der Waals surface area contributed by atoms with Gasteiger partial charge in [-0.1, -0.05) is 12.1 Å². The van der Waals surface area contributed by atoms with Gasteiger partial charge >= 0.3 is 0 Å². The van der Waals surface area contributed by atoms with Crippen LogP contribution in [0.3, 0.4) is 0 Å². The molecule has 10 nitrogen and oxygen atoms in total. The van der Waals surface area contributed by atoms with Gasteiger partial charge in [0.05, 0.1) is 20.1 Å². The monoisotopic (exact) mass is 474 g/mol. The van der Waals surface area contributed by atoms with E-state index in [0.717, 1.165) is 5.56 Å². The molecule has 4 rings (SSSR count). The highest BCUT2D eigenvalue weighted by atomic mass is 32.2. The third-order valence-electron chi connectivity index (χ3n) is 5.78. The summed E-state index contributed by atoms with van der Waals surface area (Å²) in [5.41, 5.74) is 1.56. The Morgan fingerprint density at radius 2 is 2.00 bits per heavy atom. The number of fused-ring (bicyclic) bond motifs is 1. The molecule has 33 heavy (non-hydrogen) atoms. The second-order valence-corrected chi connectivity index (χ2v) is 9.73. The maximum atomic E-state index is 13.2. The fourth-order valence-corrected chi connectivity index (χ4v) is 5.67. The van der Waals surface area contributed by atoms with Crippen molar-refractivity contribution >= 4 is 27.0 Å². The second kappa shape index (κ2) is 9.75. The van der Waals surface area contributed by atoms with E-state index in [9.17, 15) is 13.2 Å². The van der Waals surface area contributed by atoms with E-state index in [0.29, 0.717) is 49.4 Å². The first kappa shape index (κ1) is 23.0. The molecule has 11 heteroatoms. The Balaban J connectivity index is 1.38. The molecule has 1 aromatic heterocycles. The van der Waals surface area contributed by atoms with Crippen LogP contribution in [0.2, 0.25) is 0 Å². The van der Waals surface area contributed by atoms with E-state index in [1.165, 1.54) is 10.4 Å². The van der Waals surface area contributed by atoms with Crippen LogP contribution in [0.25, 0.3) is 11.0 Å². The van der Waals surface area contributed by atoms with Crippen LogP contribution < -0.4 is 14.8 Å². The third kappa shape index (κ3) is 4.79. The normalized spacial score (nSPS) is 17.1. The lowest BCUT2D eigenvalue weighted by molar-refractivity contribution is -0.126. The topological polar surface area (TPSA) is 124 Å². The Morgan fingerprint density at radius 1 is 1.18 bits per heavy atom. The van der Waals surface area contributed by atoms with Crippen LogP contribution in [0.1, 0.15) is 18.4 Å². The highest BCUT2D eigenvalue weighted by Crippen LogP contribution is 2.29. The van der Waals surface area contributed by atoms with E-state index in [1.807, 2.05) is 18.2 Å². The van der Waals surface area contributed by atoms with Gasteiger partial charge in [0, 0.05) is 19.6 Å². The van der Waals surface area contributed by atoms with Gasteiger partial charge in [0.25, 0.3) is 0 Å². The van der Waals surface area contributed by atoms with Crippen molar-refractivity contribution < 1.29 is 27.3 Å². The number of rotatable bonds is 8. The molecule has 1 amide bonds. The average molecular weight is 475 g/mol. The van der Waals surface area contributed by atoms with E-state index in [2.05, 4.69) is 15.6 Å². The lowest BCUT2D eigenvalue weighted by atomic mass is 9.99. The van der Waals surface area contributed by atoms with Crippen LogP contribution in [0, 0.1) is 5.92 Å². The SMILES string of the molecule is COc1ccc(CCNC(=O)[C@H]2CCCN(S(=O)(=O)c3cccc4nonc34)C2)cc1OC. The number of hydrogen-bond acceptors (Lipinski definition) is 8. The molecule has 0 aliphatic carbocycles. The van der Waals surface area contributed by atoms with E-state index >= 15 is 0 Å². The number of benzene rings is 2. The Morgan fingerprint density at radius 3 is 2.79 bits per heavy atom. The number of carbonyl (C=O) groups excluding carboxylic acids is 1. The molecule has 0 unspecified atom stereocenters. The van der Waals surface area contributed by atoms with Gasteiger partial charge in [-0.2, -0.15) is 4.31 Å². The Hall–Kier alpha value is -3.18. The predicted octanol–water partition coefficient (Wildman–Crippen LogP) is 2.00. The minimum Gasteiger partial charge on any atom is -0.493 e. The summed E-state index contributed by atoms with van der Waals surface area (Å²) in [6.45, 7) is 0.896. The summed E-state index contributed by atoms with van der Waals surface area (Å²) < 4.78 is 43.1. The Bertz CT molecular complexity index is 1240. The van der Waals surface area contributed by atoms with Gasteiger partial charge < -0.3 is 14.8 Å². The number of nitrogens with zero attached hydrogens (tertiary/aromatic N) is 3. The lowest BCUT2D eigenvalue weighted by Crippen LogP contribution is -2.45. The molecule has 1 fully saturated rings. The zero-order valence-corrected chi connectivity index (χ0v) is 19.3.